The van der Waals surface area contributed by atoms with E-state index in [1.165, 1.54) is 7.11 Å². The molecule has 0 amide bonds. The number of rotatable bonds is 4. The molecule has 1 aliphatic carbocycles. The molecule has 7 heteroatoms. The van der Waals surface area contributed by atoms with Crippen molar-refractivity contribution >= 4 is 18.0 Å². The smallest absolute Gasteiger partial charge is 0.467 e. The highest BCUT2D eigenvalue weighted by Gasteiger charge is 2.42. The van der Waals surface area contributed by atoms with Gasteiger partial charge < -0.3 is 8.92 Å². The van der Waals surface area contributed by atoms with Gasteiger partial charge in [-0.3, -0.25) is 4.79 Å². The van der Waals surface area contributed by atoms with E-state index in [9.17, 15) is 18.0 Å². The maximum Gasteiger partial charge on any atom is 0.467 e. The van der Waals surface area contributed by atoms with E-state index in [1.807, 2.05) is 0 Å². The van der Waals surface area contributed by atoms with E-state index in [0.717, 1.165) is 19.3 Å². The number of hydrogen-bond acceptors (Lipinski definition) is 4. The molecule has 0 N–H and O–H groups in total. The average molecular weight is 272 g/mol. The lowest BCUT2D eigenvalue weighted by molar-refractivity contribution is -0.157. The van der Waals surface area contributed by atoms with Crippen LogP contribution in [0, 0.1) is 5.41 Å². The molecular formula is C10H15F3O3S. The molecule has 0 aromatic heterocycles. The minimum absolute atomic E-state index is 0.246. The molecule has 1 rings (SSSR count). The highest BCUT2D eigenvalue weighted by Crippen LogP contribution is 2.40. The van der Waals surface area contributed by atoms with Crippen LogP contribution in [-0.4, -0.2) is 25.2 Å². The second-order valence-electron chi connectivity index (χ2n) is 4.12. The molecule has 0 atom stereocenters. The molecule has 0 aromatic carbocycles. The van der Waals surface area contributed by atoms with Crippen molar-refractivity contribution in [3.63, 3.8) is 0 Å². The molecule has 0 bridgehead atoms. The fourth-order valence-electron chi connectivity index (χ4n) is 2.06. The van der Waals surface area contributed by atoms with Crippen molar-refractivity contribution in [3.05, 3.63) is 0 Å². The first-order valence-corrected chi connectivity index (χ1v) is 6.10. The van der Waals surface area contributed by atoms with E-state index < -0.39 is 28.9 Å². The fraction of sp³-hybridized carbons (Fsp3) is 0.900. The van der Waals surface area contributed by atoms with Crippen molar-refractivity contribution in [2.45, 2.75) is 37.6 Å². The Morgan fingerprint density at radius 1 is 1.29 bits per heavy atom. The Hall–Kier alpha value is -0.430. The van der Waals surface area contributed by atoms with E-state index in [-0.39, 0.29) is 6.61 Å². The van der Waals surface area contributed by atoms with Gasteiger partial charge in [0.1, 0.15) is 12.0 Å². The first-order valence-electron chi connectivity index (χ1n) is 5.35. The number of methoxy groups -OCH3 is 1. The summed E-state index contributed by atoms with van der Waals surface area (Å²) in [5.74, 6) is -0.472. The Balaban J connectivity index is 2.55. The number of esters is 1. The molecule has 0 spiro atoms. The average Bonchev–Trinajstić information content (AvgIpc) is 2.27. The summed E-state index contributed by atoms with van der Waals surface area (Å²) in [5.41, 5.74) is -5.34. The largest absolute Gasteiger partial charge is 0.469 e. The Morgan fingerprint density at radius 3 is 2.35 bits per heavy atom. The molecular weight excluding hydrogens is 257 g/mol. The second kappa shape index (κ2) is 5.95. The van der Waals surface area contributed by atoms with Crippen molar-refractivity contribution in [2.75, 3.05) is 13.7 Å². The summed E-state index contributed by atoms with van der Waals surface area (Å²) >= 11 is -0.554. The van der Waals surface area contributed by atoms with Gasteiger partial charge in [0.05, 0.1) is 19.1 Å². The van der Waals surface area contributed by atoms with Gasteiger partial charge in [-0.05, 0) is 12.8 Å². The van der Waals surface area contributed by atoms with E-state index in [2.05, 4.69) is 8.92 Å². The first kappa shape index (κ1) is 14.6. The zero-order valence-electron chi connectivity index (χ0n) is 9.51. The summed E-state index contributed by atoms with van der Waals surface area (Å²) in [5, 5.41) is 0. The molecule has 0 aromatic rings. The molecule has 17 heavy (non-hydrogen) atoms. The van der Waals surface area contributed by atoms with Gasteiger partial charge in [-0.1, -0.05) is 19.3 Å². The summed E-state index contributed by atoms with van der Waals surface area (Å²) < 4.78 is 45.0. The third-order valence-corrected chi connectivity index (χ3v) is 3.34. The Kier molecular flexibility index (Phi) is 5.12. The molecule has 1 saturated carbocycles. The van der Waals surface area contributed by atoms with Crippen LogP contribution in [0.2, 0.25) is 0 Å². The lowest BCUT2D eigenvalue weighted by Gasteiger charge is -2.33. The second-order valence-corrected chi connectivity index (χ2v) is 4.99. The number of hydrogen-bond donors (Lipinski definition) is 0. The van der Waals surface area contributed by atoms with Gasteiger partial charge >= 0.3 is 11.5 Å². The van der Waals surface area contributed by atoms with Crippen LogP contribution in [0.15, 0.2) is 0 Å². The number of ether oxygens (including phenoxy) is 1. The van der Waals surface area contributed by atoms with Crippen LogP contribution in [0.3, 0.4) is 0 Å². The topological polar surface area (TPSA) is 35.5 Å². The van der Waals surface area contributed by atoms with Crippen LogP contribution in [0.25, 0.3) is 0 Å². The molecule has 100 valence electrons. The van der Waals surface area contributed by atoms with Gasteiger partial charge in [0, 0.05) is 0 Å². The third-order valence-electron chi connectivity index (χ3n) is 2.92. The Morgan fingerprint density at radius 2 is 1.88 bits per heavy atom. The summed E-state index contributed by atoms with van der Waals surface area (Å²) in [4.78, 5) is 11.7. The number of alkyl halides is 3. The van der Waals surface area contributed by atoms with Crippen molar-refractivity contribution in [1.82, 2.24) is 0 Å². The van der Waals surface area contributed by atoms with Crippen molar-refractivity contribution in [3.8, 4) is 0 Å². The molecule has 0 heterocycles. The highest BCUT2D eigenvalue weighted by molar-refractivity contribution is 7.95. The SMILES string of the molecule is COC(=O)C1(COSC(F)(F)F)CCCCC1. The van der Waals surface area contributed by atoms with Crippen LogP contribution < -0.4 is 0 Å². The van der Waals surface area contributed by atoms with Crippen LogP contribution in [0.1, 0.15) is 32.1 Å². The van der Waals surface area contributed by atoms with E-state index >= 15 is 0 Å². The maximum absolute atomic E-state index is 11.9. The Bertz CT molecular complexity index is 262. The van der Waals surface area contributed by atoms with Crippen molar-refractivity contribution < 1.29 is 26.9 Å². The number of halogens is 3. The third kappa shape index (κ3) is 4.39. The standard InChI is InChI=1S/C10H15F3O3S/c1-15-8(14)9(5-3-2-4-6-9)7-16-17-10(11,12)13/h2-7H2,1H3. The summed E-state index contributed by atoms with van der Waals surface area (Å²) in [6.45, 7) is -0.246. The van der Waals surface area contributed by atoms with E-state index in [4.69, 9.17) is 0 Å². The van der Waals surface area contributed by atoms with Gasteiger partial charge in [-0.2, -0.15) is 13.2 Å². The predicted molar refractivity (Wildman–Crippen MR) is 57.1 cm³/mol. The number of carbonyl (C=O) groups excluding carboxylic acids is 1. The minimum atomic E-state index is -4.44. The zero-order valence-corrected chi connectivity index (χ0v) is 10.3. The van der Waals surface area contributed by atoms with Crippen molar-refractivity contribution in [1.29, 1.82) is 0 Å². The molecule has 0 aliphatic heterocycles. The Labute approximate surface area is 102 Å². The summed E-state index contributed by atoms with van der Waals surface area (Å²) in [6, 6.07) is 0. The predicted octanol–water partition coefficient (Wildman–Crippen LogP) is 3.29. The van der Waals surface area contributed by atoms with Gasteiger partial charge in [-0.15, -0.1) is 0 Å². The first-order chi connectivity index (χ1) is 7.90. The zero-order chi connectivity index (χ0) is 12.9. The van der Waals surface area contributed by atoms with Crippen LogP contribution in [0.4, 0.5) is 13.2 Å². The molecule has 0 saturated heterocycles. The summed E-state index contributed by atoms with van der Waals surface area (Å²) in [7, 11) is 1.25. The van der Waals surface area contributed by atoms with Crippen molar-refractivity contribution in [2.24, 2.45) is 5.41 Å². The molecule has 1 aliphatic rings. The van der Waals surface area contributed by atoms with E-state index in [0.29, 0.717) is 12.8 Å². The lowest BCUT2D eigenvalue weighted by Crippen LogP contribution is -2.38. The van der Waals surface area contributed by atoms with Gasteiger partial charge in [0.2, 0.25) is 0 Å². The van der Waals surface area contributed by atoms with E-state index in [1.54, 1.807) is 0 Å². The van der Waals surface area contributed by atoms with Crippen LogP contribution >= 0.6 is 12.0 Å². The van der Waals surface area contributed by atoms with Gasteiger partial charge in [0.25, 0.3) is 0 Å². The van der Waals surface area contributed by atoms with Crippen LogP contribution in [-0.2, 0) is 13.7 Å². The maximum atomic E-state index is 11.9. The van der Waals surface area contributed by atoms with Gasteiger partial charge in [-0.25, -0.2) is 0 Å². The minimum Gasteiger partial charge on any atom is -0.469 e. The highest BCUT2D eigenvalue weighted by atomic mass is 32.2. The quantitative estimate of drug-likeness (QED) is 0.581. The molecule has 3 nitrogen and oxygen atoms in total. The molecule has 1 fully saturated rings. The van der Waals surface area contributed by atoms with Gasteiger partial charge in [0.15, 0.2) is 0 Å². The number of carbonyl (C=O) groups is 1. The molecule has 0 radical (unpaired) electrons. The lowest BCUT2D eigenvalue weighted by atomic mass is 9.75. The van der Waals surface area contributed by atoms with Crippen LogP contribution in [0.5, 0.6) is 0 Å². The fourth-order valence-corrected chi connectivity index (χ4v) is 2.48. The monoisotopic (exact) mass is 272 g/mol. The molecule has 0 unspecified atom stereocenters. The summed E-state index contributed by atoms with van der Waals surface area (Å²) in [6.07, 6.45) is 3.67. The normalized spacial score (nSPS) is 20.0.